The number of anilines is 2. The molecule has 1 aliphatic rings. The van der Waals surface area contributed by atoms with Gasteiger partial charge in [0.2, 0.25) is 0 Å². The zero-order chi connectivity index (χ0) is 21.2. The molecule has 1 aliphatic carbocycles. The Morgan fingerprint density at radius 2 is 2.10 bits per heavy atom. The average Bonchev–Trinajstić information content (AvgIpc) is 3.40. The molecule has 4 aromatic rings. The number of halogens is 1. The second-order valence-electron chi connectivity index (χ2n) is 7.72. The number of fused-ring (bicyclic) bond motifs is 1. The van der Waals surface area contributed by atoms with E-state index in [9.17, 15) is 0 Å². The first-order valence-electron chi connectivity index (χ1n) is 10.4. The van der Waals surface area contributed by atoms with E-state index in [-0.39, 0.29) is 0 Å². The van der Waals surface area contributed by atoms with E-state index in [0.29, 0.717) is 11.1 Å². The molecule has 0 saturated heterocycles. The van der Waals surface area contributed by atoms with Crippen LogP contribution in [-0.2, 0) is 12.8 Å². The Kier molecular flexibility index (Phi) is 5.66. The van der Waals surface area contributed by atoms with Gasteiger partial charge in [0, 0.05) is 28.7 Å². The van der Waals surface area contributed by atoms with Crippen LogP contribution < -0.4 is 10.1 Å². The predicted molar refractivity (Wildman–Crippen MR) is 126 cm³/mol. The van der Waals surface area contributed by atoms with E-state index in [1.807, 2.05) is 22.8 Å². The number of hydrogen-bond donors (Lipinski definition) is 1. The molecule has 0 fully saturated rings. The molecule has 1 N–H and O–H groups in total. The molecule has 2 aromatic heterocycles. The van der Waals surface area contributed by atoms with Crippen LogP contribution >= 0.6 is 22.9 Å². The monoisotopic (exact) mass is 450 g/mol. The normalized spacial score (nSPS) is 15.5. The van der Waals surface area contributed by atoms with E-state index in [1.165, 1.54) is 29.0 Å². The Morgan fingerprint density at radius 1 is 1.23 bits per heavy atom. The van der Waals surface area contributed by atoms with Crippen LogP contribution in [0.15, 0.2) is 61.1 Å². The molecule has 1 atom stereocenters. The van der Waals surface area contributed by atoms with Gasteiger partial charge in [-0.05, 0) is 43.4 Å². The molecule has 0 spiro atoms. The van der Waals surface area contributed by atoms with Crippen LogP contribution in [0.1, 0.15) is 34.9 Å². The fourth-order valence-electron chi connectivity index (χ4n) is 4.18. The van der Waals surface area contributed by atoms with Crippen molar-refractivity contribution in [3.8, 4) is 11.4 Å². The van der Waals surface area contributed by atoms with E-state index >= 15 is 0 Å². The lowest BCUT2D eigenvalue weighted by Crippen LogP contribution is -2.11. The summed E-state index contributed by atoms with van der Waals surface area (Å²) >= 11 is 7.73. The number of hydrogen-bond acceptors (Lipinski definition) is 5. The molecule has 1 unspecified atom stereocenters. The molecule has 5 nitrogen and oxygen atoms in total. The highest BCUT2D eigenvalue weighted by molar-refractivity contribution is 7.15. The SMILES string of the molecule is COc1cc(Nc2nc3c(s2)CCCC3Cc2ccccc2)ccc1-n1cnc(Cl)c1. The highest BCUT2D eigenvalue weighted by Crippen LogP contribution is 2.39. The Hall–Kier alpha value is -2.83. The van der Waals surface area contributed by atoms with Crippen molar-refractivity contribution in [2.45, 2.75) is 31.6 Å². The van der Waals surface area contributed by atoms with Crippen molar-refractivity contribution in [2.24, 2.45) is 0 Å². The molecular weight excluding hydrogens is 428 g/mol. The number of thiazole rings is 1. The molecule has 5 rings (SSSR count). The number of aryl methyl sites for hydroxylation is 1. The lowest BCUT2D eigenvalue weighted by molar-refractivity contribution is 0.413. The molecule has 2 aromatic carbocycles. The average molecular weight is 451 g/mol. The van der Waals surface area contributed by atoms with Crippen LogP contribution in [0.25, 0.3) is 5.69 Å². The third kappa shape index (κ3) is 4.31. The van der Waals surface area contributed by atoms with E-state index in [2.05, 4.69) is 40.6 Å². The first kappa shape index (κ1) is 20.1. The van der Waals surface area contributed by atoms with Crippen molar-refractivity contribution >= 4 is 33.8 Å². The summed E-state index contributed by atoms with van der Waals surface area (Å²) < 4.78 is 7.45. The molecule has 0 amide bonds. The van der Waals surface area contributed by atoms with E-state index in [1.54, 1.807) is 31.0 Å². The van der Waals surface area contributed by atoms with Crippen LogP contribution in [0.3, 0.4) is 0 Å². The molecule has 0 radical (unpaired) electrons. The second-order valence-corrected chi connectivity index (χ2v) is 9.19. The lowest BCUT2D eigenvalue weighted by Gasteiger charge is -2.21. The molecule has 0 aliphatic heterocycles. The molecule has 0 saturated carbocycles. The van der Waals surface area contributed by atoms with Crippen LogP contribution in [0.2, 0.25) is 5.15 Å². The zero-order valence-corrected chi connectivity index (χ0v) is 18.8. The van der Waals surface area contributed by atoms with Crippen molar-refractivity contribution in [1.29, 1.82) is 0 Å². The summed E-state index contributed by atoms with van der Waals surface area (Å²) in [6.07, 6.45) is 8.02. The van der Waals surface area contributed by atoms with Crippen molar-refractivity contribution in [3.05, 3.63) is 82.3 Å². The Morgan fingerprint density at radius 3 is 2.87 bits per heavy atom. The third-order valence-corrected chi connectivity index (χ3v) is 6.90. The van der Waals surface area contributed by atoms with Gasteiger partial charge in [-0.25, -0.2) is 9.97 Å². The summed E-state index contributed by atoms with van der Waals surface area (Å²) in [6, 6.07) is 16.7. The summed E-state index contributed by atoms with van der Waals surface area (Å²) in [7, 11) is 1.66. The number of benzene rings is 2. The van der Waals surface area contributed by atoms with Crippen LogP contribution in [0.5, 0.6) is 5.75 Å². The van der Waals surface area contributed by atoms with Crippen molar-refractivity contribution < 1.29 is 4.74 Å². The summed E-state index contributed by atoms with van der Waals surface area (Å²) in [6.45, 7) is 0. The molecular formula is C24H23ClN4OS. The maximum absolute atomic E-state index is 5.96. The van der Waals surface area contributed by atoms with Gasteiger partial charge < -0.3 is 14.6 Å². The summed E-state index contributed by atoms with van der Waals surface area (Å²) in [5.41, 5.74) is 4.47. The molecule has 0 bridgehead atoms. The minimum atomic E-state index is 0.447. The molecule has 2 heterocycles. The third-order valence-electron chi connectivity index (χ3n) is 5.66. The van der Waals surface area contributed by atoms with Gasteiger partial charge in [-0.3, -0.25) is 0 Å². The number of methoxy groups -OCH3 is 1. The van der Waals surface area contributed by atoms with Crippen LogP contribution in [-0.4, -0.2) is 21.6 Å². The Bertz CT molecular complexity index is 1190. The van der Waals surface area contributed by atoms with Gasteiger partial charge in [0.15, 0.2) is 5.13 Å². The maximum atomic E-state index is 5.96. The molecule has 158 valence electrons. The highest BCUT2D eigenvalue weighted by Gasteiger charge is 2.25. The van der Waals surface area contributed by atoms with Crippen LogP contribution in [0, 0.1) is 0 Å². The number of ether oxygens (including phenoxy) is 1. The zero-order valence-electron chi connectivity index (χ0n) is 17.2. The highest BCUT2D eigenvalue weighted by atomic mass is 35.5. The summed E-state index contributed by atoms with van der Waals surface area (Å²) in [4.78, 5) is 10.5. The minimum absolute atomic E-state index is 0.447. The van der Waals surface area contributed by atoms with Gasteiger partial charge in [0.1, 0.15) is 17.2 Å². The van der Waals surface area contributed by atoms with Gasteiger partial charge in [0.05, 0.1) is 18.5 Å². The largest absolute Gasteiger partial charge is 0.494 e. The van der Waals surface area contributed by atoms with E-state index in [0.717, 1.165) is 35.1 Å². The van der Waals surface area contributed by atoms with Crippen LogP contribution in [0.4, 0.5) is 10.8 Å². The quantitative estimate of drug-likeness (QED) is 0.369. The van der Waals surface area contributed by atoms with E-state index < -0.39 is 0 Å². The topological polar surface area (TPSA) is 52.0 Å². The predicted octanol–water partition coefficient (Wildman–Crippen LogP) is 6.40. The number of nitrogens with one attached hydrogen (secondary N) is 1. The standard InChI is InChI=1S/C24H23ClN4OS/c1-30-20-13-18(10-11-19(20)29-14-22(25)26-15-29)27-24-28-23-17(8-5-9-21(23)31-24)12-16-6-3-2-4-7-16/h2-4,6-7,10-11,13-15,17H,5,8-9,12H2,1H3,(H,27,28). The Balaban J connectivity index is 1.37. The van der Waals surface area contributed by atoms with Crippen molar-refractivity contribution in [3.63, 3.8) is 0 Å². The fourth-order valence-corrected chi connectivity index (χ4v) is 5.44. The minimum Gasteiger partial charge on any atom is -0.494 e. The smallest absolute Gasteiger partial charge is 0.187 e. The van der Waals surface area contributed by atoms with Gasteiger partial charge >= 0.3 is 0 Å². The van der Waals surface area contributed by atoms with Gasteiger partial charge in [-0.1, -0.05) is 41.9 Å². The fraction of sp³-hybridized carbons (Fsp3) is 0.250. The van der Waals surface area contributed by atoms with Gasteiger partial charge in [-0.2, -0.15) is 0 Å². The number of nitrogens with zero attached hydrogens (tertiary/aromatic N) is 3. The van der Waals surface area contributed by atoms with Crippen molar-refractivity contribution in [1.82, 2.24) is 14.5 Å². The lowest BCUT2D eigenvalue weighted by atomic mass is 9.86. The first-order chi connectivity index (χ1) is 15.2. The van der Waals surface area contributed by atoms with Gasteiger partial charge in [-0.15, -0.1) is 11.3 Å². The number of imidazole rings is 1. The van der Waals surface area contributed by atoms with Gasteiger partial charge in [0.25, 0.3) is 0 Å². The molecule has 31 heavy (non-hydrogen) atoms. The number of aromatic nitrogens is 3. The second kappa shape index (κ2) is 8.73. The Labute approximate surface area is 190 Å². The first-order valence-corrected chi connectivity index (χ1v) is 11.6. The molecule has 7 heteroatoms. The maximum Gasteiger partial charge on any atom is 0.187 e. The number of rotatable bonds is 6. The van der Waals surface area contributed by atoms with E-state index in [4.69, 9.17) is 21.3 Å². The summed E-state index contributed by atoms with van der Waals surface area (Å²) in [5, 5.41) is 4.86. The van der Waals surface area contributed by atoms with Crippen molar-refractivity contribution in [2.75, 3.05) is 12.4 Å². The summed E-state index contributed by atoms with van der Waals surface area (Å²) in [5.74, 6) is 1.23.